The predicted molar refractivity (Wildman–Crippen MR) is 99.1 cm³/mol. The van der Waals surface area contributed by atoms with Crippen LogP contribution in [0.5, 0.6) is 0 Å². The third-order valence-electron chi connectivity index (χ3n) is 4.05. The molecule has 0 aliphatic heterocycles. The van der Waals surface area contributed by atoms with Crippen molar-refractivity contribution in [2.24, 2.45) is 0 Å². The van der Waals surface area contributed by atoms with Crippen molar-refractivity contribution in [2.75, 3.05) is 6.54 Å². The summed E-state index contributed by atoms with van der Waals surface area (Å²) >= 11 is 0. The Morgan fingerprint density at radius 3 is 2.41 bits per heavy atom. The molecule has 7 heteroatoms. The fourth-order valence-corrected chi connectivity index (χ4v) is 2.68. The number of nitrogens with zero attached hydrogens (tertiary/aromatic N) is 4. The number of rotatable bonds is 7. The molecule has 1 aromatic heterocycles. The van der Waals surface area contributed by atoms with E-state index in [1.165, 1.54) is 4.90 Å². The van der Waals surface area contributed by atoms with Gasteiger partial charge in [0.2, 0.25) is 0 Å². The number of carboxylic acids is 1. The van der Waals surface area contributed by atoms with Gasteiger partial charge in [-0.1, -0.05) is 65.4 Å². The van der Waals surface area contributed by atoms with Crippen LogP contribution in [-0.4, -0.2) is 43.4 Å². The van der Waals surface area contributed by atoms with Crippen molar-refractivity contribution in [1.82, 2.24) is 19.9 Å². The molecule has 3 rings (SSSR count). The van der Waals surface area contributed by atoms with Crippen LogP contribution in [0.25, 0.3) is 0 Å². The molecule has 0 aliphatic rings. The highest BCUT2D eigenvalue weighted by molar-refractivity contribution is 5.93. The maximum absolute atomic E-state index is 12.8. The van der Waals surface area contributed by atoms with Crippen molar-refractivity contribution >= 4 is 11.9 Å². The molecule has 27 heavy (non-hydrogen) atoms. The van der Waals surface area contributed by atoms with Gasteiger partial charge < -0.3 is 10.0 Å². The topological polar surface area (TPSA) is 88.3 Å². The fraction of sp³-hybridized carbons (Fsp3) is 0.200. The monoisotopic (exact) mass is 364 g/mol. The Kier molecular flexibility index (Phi) is 5.61. The number of aliphatic carboxylic acids is 1. The summed E-state index contributed by atoms with van der Waals surface area (Å²) in [6, 6.07) is 17.3. The SMILES string of the molecule is Cc1ccc(CN(CC(=O)O)C(=O)c2cn(Cc3ccccc3)nn2)cc1. The molecule has 7 nitrogen and oxygen atoms in total. The highest BCUT2D eigenvalue weighted by Gasteiger charge is 2.22. The lowest BCUT2D eigenvalue weighted by Gasteiger charge is -2.19. The number of carboxylic acid groups (broad SMARTS) is 1. The third-order valence-corrected chi connectivity index (χ3v) is 4.05. The number of hydrogen-bond acceptors (Lipinski definition) is 4. The predicted octanol–water partition coefficient (Wildman–Crippen LogP) is 2.36. The summed E-state index contributed by atoms with van der Waals surface area (Å²) in [7, 11) is 0. The molecule has 0 aliphatic carbocycles. The van der Waals surface area contributed by atoms with E-state index in [0.29, 0.717) is 6.54 Å². The second-order valence-corrected chi connectivity index (χ2v) is 6.33. The van der Waals surface area contributed by atoms with Crippen LogP contribution in [-0.2, 0) is 17.9 Å². The zero-order chi connectivity index (χ0) is 19.2. The molecule has 3 aromatic rings. The second-order valence-electron chi connectivity index (χ2n) is 6.33. The first-order valence-electron chi connectivity index (χ1n) is 8.52. The van der Waals surface area contributed by atoms with Gasteiger partial charge in [0, 0.05) is 6.54 Å². The van der Waals surface area contributed by atoms with Gasteiger partial charge in [0.1, 0.15) is 6.54 Å². The standard InChI is InChI=1S/C20H20N4O3/c1-15-7-9-17(10-8-15)11-23(14-19(25)26)20(27)18-13-24(22-21-18)12-16-5-3-2-4-6-16/h2-10,13H,11-12,14H2,1H3,(H,25,26). The van der Waals surface area contributed by atoms with Gasteiger partial charge >= 0.3 is 5.97 Å². The summed E-state index contributed by atoms with van der Waals surface area (Å²) in [6.07, 6.45) is 1.54. The maximum Gasteiger partial charge on any atom is 0.323 e. The van der Waals surface area contributed by atoms with Crippen LogP contribution in [0, 0.1) is 6.92 Å². The van der Waals surface area contributed by atoms with E-state index in [0.717, 1.165) is 16.7 Å². The van der Waals surface area contributed by atoms with E-state index in [9.17, 15) is 9.59 Å². The lowest BCUT2D eigenvalue weighted by molar-refractivity contribution is -0.137. The van der Waals surface area contributed by atoms with Gasteiger partial charge in [0.05, 0.1) is 12.7 Å². The summed E-state index contributed by atoms with van der Waals surface area (Å²) < 4.78 is 1.56. The number of hydrogen-bond donors (Lipinski definition) is 1. The van der Waals surface area contributed by atoms with Crippen LogP contribution in [0.3, 0.4) is 0 Å². The summed E-state index contributed by atoms with van der Waals surface area (Å²) in [5, 5.41) is 17.1. The molecule has 2 aromatic carbocycles. The van der Waals surface area contributed by atoms with Crippen molar-refractivity contribution in [2.45, 2.75) is 20.0 Å². The van der Waals surface area contributed by atoms with Gasteiger partial charge in [0.15, 0.2) is 5.69 Å². The fourth-order valence-electron chi connectivity index (χ4n) is 2.68. The molecule has 0 spiro atoms. The first-order valence-corrected chi connectivity index (χ1v) is 8.52. The van der Waals surface area contributed by atoms with E-state index in [-0.39, 0.29) is 12.2 Å². The van der Waals surface area contributed by atoms with E-state index in [1.54, 1.807) is 10.9 Å². The molecule has 1 amide bonds. The third kappa shape index (κ3) is 5.01. The molecule has 0 radical (unpaired) electrons. The molecule has 0 bridgehead atoms. The Bertz CT molecular complexity index is 920. The molecule has 138 valence electrons. The Morgan fingerprint density at radius 1 is 1.04 bits per heavy atom. The van der Waals surface area contributed by atoms with E-state index in [4.69, 9.17) is 5.11 Å². The average Bonchev–Trinajstić information content (AvgIpc) is 3.11. The minimum absolute atomic E-state index is 0.124. The van der Waals surface area contributed by atoms with Crippen LogP contribution >= 0.6 is 0 Å². The van der Waals surface area contributed by atoms with E-state index < -0.39 is 18.4 Å². The van der Waals surface area contributed by atoms with Crippen LogP contribution in [0.2, 0.25) is 0 Å². The maximum atomic E-state index is 12.8. The minimum Gasteiger partial charge on any atom is -0.480 e. The lowest BCUT2D eigenvalue weighted by atomic mass is 10.1. The van der Waals surface area contributed by atoms with Crippen molar-refractivity contribution in [1.29, 1.82) is 0 Å². The minimum atomic E-state index is -1.08. The van der Waals surface area contributed by atoms with Gasteiger partial charge in [-0.3, -0.25) is 9.59 Å². The second kappa shape index (κ2) is 8.27. The number of amides is 1. The van der Waals surface area contributed by atoms with E-state index >= 15 is 0 Å². The zero-order valence-corrected chi connectivity index (χ0v) is 14.9. The molecular formula is C20H20N4O3. The van der Waals surface area contributed by atoms with Gasteiger partial charge in [-0.15, -0.1) is 5.10 Å². The number of carbonyl (C=O) groups is 2. The van der Waals surface area contributed by atoms with Crippen LogP contribution in [0.1, 0.15) is 27.2 Å². The van der Waals surface area contributed by atoms with Crippen molar-refractivity contribution in [3.05, 3.63) is 83.2 Å². The number of aryl methyl sites for hydroxylation is 1. The molecule has 1 N–H and O–H groups in total. The summed E-state index contributed by atoms with van der Waals surface area (Å²) in [5.74, 6) is -1.54. The summed E-state index contributed by atoms with van der Waals surface area (Å²) in [5.41, 5.74) is 3.10. The van der Waals surface area contributed by atoms with E-state index in [1.807, 2.05) is 61.5 Å². The molecule has 0 atom stereocenters. The van der Waals surface area contributed by atoms with Crippen LogP contribution in [0.15, 0.2) is 60.8 Å². The number of carbonyl (C=O) groups excluding carboxylic acids is 1. The highest BCUT2D eigenvalue weighted by Crippen LogP contribution is 2.11. The average molecular weight is 364 g/mol. The van der Waals surface area contributed by atoms with Crippen LogP contribution < -0.4 is 0 Å². The Morgan fingerprint density at radius 2 is 1.74 bits per heavy atom. The van der Waals surface area contributed by atoms with E-state index in [2.05, 4.69) is 10.3 Å². The van der Waals surface area contributed by atoms with Crippen molar-refractivity contribution in [3.8, 4) is 0 Å². The first-order chi connectivity index (χ1) is 13.0. The summed E-state index contributed by atoms with van der Waals surface area (Å²) in [4.78, 5) is 25.2. The normalized spacial score (nSPS) is 10.6. The molecule has 0 saturated carbocycles. The first kappa shape index (κ1) is 18.3. The number of aromatic nitrogens is 3. The molecule has 0 saturated heterocycles. The molecule has 1 heterocycles. The quantitative estimate of drug-likeness (QED) is 0.695. The Balaban J connectivity index is 1.75. The van der Waals surface area contributed by atoms with Gasteiger partial charge in [-0.25, -0.2) is 4.68 Å². The van der Waals surface area contributed by atoms with Crippen LogP contribution in [0.4, 0.5) is 0 Å². The zero-order valence-electron chi connectivity index (χ0n) is 14.9. The number of benzene rings is 2. The smallest absolute Gasteiger partial charge is 0.323 e. The highest BCUT2D eigenvalue weighted by atomic mass is 16.4. The summed E-state index contributed by atoms with van der Waals surface area (Å²) in [6.45, 7) is 2.24. The van der Waals surface area contributed by atoms with Gasteiger partial charge in [-0.2, -0.15) is 0 Å². The lowest BCUT2D eigenvalue weighted by Crippen LogP contribution is -2.35. The van der Waals surface area contributed by atoms with Gasteiger partial charge in [-0.05, 0) is 18.1 Å². The van der Waals surface area contributed by atoms with Crippen molar-refractivity contribution < 1.29 is 14.7 Å². The largest absolute Gasteiger partial charge is 0.480 e. The molecule has 0 unspecified atom stereocenters. The van der Waals surface area contributed by atoms with Gasteiger partial charge in [0.25, 0.3) is 5.91 Å². The Labute approximate surface area is 156 Å². The Hall–Kier alpha value is -3.48. The molecular weight excluding hydrogens is 344 g/mol. The molecule has 0 fully saturated rings. The van der Waals surface area contributed by atoms with Crippen molar-refractivity contribution in [3.63, 3.8) is 0 Å².